The molecule has 0 fully saturated rings. The van der Waals surface area contributed by atoms with Crippen LogP contribution in [0.1, 0.15) is 0 Å². The zero-order chi connectivity index (χ0) is 10.8. The van der Waals surface area contributed by atoms with Gasteiger partial charge in [0.2, 0.25) is 5.82 Å². The van der Waals surface area contributed by atoms with E-state index >= 15 is 0 Å². The molecular weight excluding hydrogens is 244 g/mol. The van der Waals surface area contributed by atoms with Crippen molar-refractivity contribution >= 4 is 22.9 Å². The number of aromatic nitrogens is 1. The van der Waals surface area contributed by atoms with Crippen LogP contribution in [0.3, 0.4) is 0 Å². The minimum atomic E-state index is -1.04. The van der Waals surface area contributed by atoms with Crippen LogP contribution in [0.4, 0.5) is 8.78 Å². The van der Waals surface area contributed by atoms with E-state index < -0.39 is 11.6 Å². The van der Waals surface area contributed by atoms with Gasteiger partial charge in [0.05, 0.1) is 0 Å². The van der Waals surface area contributed by atoms with Crippen molar-refractivity contribution in [3.63, 3.8) is 0 Å². The van der Waals surface area contributed by atoms with Crippen LogP contribution in [0.25, 0.3) is 0 Å². The molecule has 2 nitrogen and oxygen atoms in total. The first-order valence-electron chi connectivity index (χ1n) is 3.89. The summed E-state index contributed by atoms with van der Waals surface area (Å²) in [7, 11) is 0. The van der Waals surface area contributed by atoms with Crippen molar-refractivity contribution < 1.29 is 13.5 Å². The standard InChI is InChI=1S/C9H4ClF2NOS/c10-7-4-15-9(13-7)14-6-3-1-2-5(11)8(6)12/h1-4H. The maximum Gasteiger partial charge on any atom is 0.280 e. The van der Waals surface area contributed by atoms with E-state index in [1.54, 1.807) is 0 Å². The number of nitrogens with zero attached hydrogens (tertiary/aromatic N) is 1. The van der Waals surface area contributed by atoms with Crippen molar-refractivity contribution in [2.45, 2.75) is 0 Å². The van der Waals surface area contributed by atoms with Gasteiger partial charge in [0.1, 0.15) is 5.15 Å². The van der Waals surface area contributed by atoms with E-state index in [2.05, 4.69) is 4.98 Å². The molecule has 2 aromatic rings. The van der Waals surface area contributed by atoms with Crippen LogP contribution in [0, 0.1) is 11.6 Å². The smallest absolute Gasteiger partial charge is 0.280 e. The van der Waals surface area contributed by atoms with Gasteiger partial charge in [-0.25, -0.2) is 4.39 Å². The highest BCUT2D eigenvalue weighted by atomic mass is 35.5. The molecule has 0 saturated carbocycles. The molecule has 0 bridgehead atoms. The third kappa shape index (κ3) is 2.24. The Hall–Kier alpha value is -1.20. The number of halogens is 3. The molecule has 1 aromatic heterocycles. The van der Waals surface area contributed by atoms with Gasteiger partial charge in [0.25, 0.3) is 5.19 Å². The van der Waals surface area contributed by atoms with Crippen molar-refractivity contribution in [2.75, 3.05) is 0 Å². The predicted molar refractivity (Wildman–Crippen MR) is 53.6 cm³/mol. The van der Waals surface area contributed by atoms with Crippen molar-refractivity contribution in [1.29, 1.82) is 0 Å². The molecular formula is C9H4ClF2NOS. The molecule has 78 valence electrons. The lowest BCUT2D eigenvalue weighted by Gasteiger charge is -2.02. The summed E-state index contributed by atoms with van der Waals surface area (Å²) in [6.45, 7) is 0. The highest BCUT2D eigenvalue weighted by molar-refractivity contribution is 7.11. The van der Waals surface area contributed by atoms with Gasteiger partial charge in [-0.2, -0.15) is 9.37 Å². The summed E-state index contributed by atoms with van der Waals surface area (Å²) in [5.41, 5.74) is 0. The van der Waals surface area contributed by atoms with E-state index in [0.29, 0.717) is 0 Å². The predicted octanol–water partition coefficient (Wildman–Crippen LogP) is 3.87. The van der Waals surface area contributed by atoms with Gasteiger partial charge in [-0.15, -0.1) is 0 Å². The number of hydrogen-bond donors (Lipinski definition) is 0. The van der Waals surface area contributed by atoms with Crippen LogP contribution in [-0.2, 0) is 0 Å². The van der Waals surface area contributed by atoms with Crippen molar-refractivity contribution in [2.24, 2.45) is 0 Å². The Bertz CT molecular complexity index is 489. The summed E-state index contributed by atoms with van der Waals surface area (Å²) in [6.07, 6.45) is 0. The minimum Gasteiger partial charge on any atom is -0.428 e. The molecule has 0 N–H and O–H groups in total. The normalized spacial score (nSPS) is 10.3. The molecule has 6 heteroatoms. The summed E-state index contributed by atoms with van der Waals surface area (Å²) in [5, 5.41) is 1.96. The van der Waals surface area contributed by atoms with Gasteiger partial charge in [0.15, 0.2) is 11.6 Å². The molecule has 1 aromatic carbocycles. The monoisotopic (exact) mass is 247 g/mol. The summed E-state index contributed by atoms with van der Waals surface area (Å²) in [5.74, 6) is -2.21. The van der Waals surface area contributed by atoms with E-state index in [0.717, 1.165) is 17.4 Å². The summed E-state index contributed by atoms with van der Waals surface area (Å²) in [4.78, 5) is 3.75. The molecule has 0 unspecified atom stereocenters. The van der Waals surface area contributed by atoms with E-state index in [-0.39, 0.29) is 16.1 Å². The molecule has 0 amide bonds. The fourth-order valence-corrected chi connectivity index (χ4v) is 1.74. The first-order chi connectivity index (χ1) is 7.16. The first-order valence-corrected chi connectivity index (χ1v) is 5.15. The second-order valence-corrected chi connectivity index (χ2v) is 3.80. The maximum atomic E-state index is 13.1. The van der Waals surface area contributed by atoms with E-state index in [9.17, 15) is 8.78 Å². The maximum absolute atomic E-state index is 13.1. The lowest BCUT2D eigenvalue weighted by molar-refractivity contribution is 0.414. The topological polar surface area (TPSA) is 22.1 Å². The summed E-state index contributed by atoms with van der Waals surface area (Å²) >= 11 is 6.65. The van der Waals surface area contributed by atoms with Crippen LogP contribution in [0.2, 0.25) is 5.15 Å². The van der Waals surface area contributed by atoms with Crippen molar-refractivity contribution in [3.05, 3.63) is 40.4 Å². The van der Waals surface area contributed by atoms with Crippen LogP contribution >= 0.6 is 22.9 Å². The van der Waals surface area contributed by atoms with Gasteiger partial charge in [0, 0.05) is 5.38 Å². The van der Waals surface area contributed by atoms with Crippen molar-refractivity contribution in [3.8, 4) is 10.9 Å². The lowest BCUT2D eigenvalue weighted by Crippen LogP contribution is -1.90. The highest BCUT2D eigenvalue weighted by Crippen LogP contribution is 2.29. The molecule has 0 radical (unpaired) electrons. The van der Waals surface area contributed by atoms with Crippen LogP contribution < -0.4 is 4.74 Å². The third-order valence-electron chi connectivity index (χ3n) is 1.57. The second-order valence-electron chi connectivity index (χ2n) is 2.59. The Morgan fingerprint density at radius 1 is 1.33 bits per heavy atom. The molecule has 0 spiro atoms. The Labute approximate surface area is 93.1 Å². The Kier molecular flexibility index (Phi) is 2.83. The average Bonchev–Trinajstić information content (AvgIpc) is 2.59. The van der Waals surface area contributed by atoms with E-state index in [1.165, 1.54) is 17.5 Å². The van der Waals surface area contributed by atoms with Gasteiger partial charge in [-0.05, 0) is 12.1 Å². The van der Waals surface area contributed by atoms with Crippen molar-refractivity contribution in [1.82, 2.24) is 4.98 Å². The lowest BCUT2D eigenvalue weighted by atomic mass is 10.3. The molecule has 15 heavy (non-hydrogen) atoms. The largest absolute Gasteiger partial charge is 0.428 e. The number of ether oxygens (including phenoxy) is 1. The molecule has 0 aliphatic rings. The fourth-order valence-electron chi connectivity index (χ4n) is 0.943. The number of thiazole rings is 1. The minimum absolute atomic E-state index is 0.171. The quantitative estimate of drug-likeness (QED) is 0.804. The Morgan fingerprint density at radius 2 is 2.13 bits per heavy atom. The highest BCUT2D eigenvalue weighted by Gasteiger charge is 2.11. The zero-order valence-corrected chi connectivity index (χ0v) is 8.78. The number of benzene rings is 1. The molecule has 0 aliphatic carbocycles. The number of hydrogen-bond acceptors (Lipinski definition) is 3. The average molecular weight is 248 g/mol. The SMILES string of the molecule is Fc1cccc(Oc2nc(Cl)cs2)c1F. The Morgan fingerprint density at radius 3 is 2.80 bits per heavy atom. The van der Waals surface area contributed by atoms with Crippen LogP contribution in [-0.4, -0.2) is 4.98 Å². The van der Waals surface area contributed by atoms with E-state index in [1.807, 2.05) is 0 Å². The Balaban J connectivity index is 2.28. The summed E-state index contributed by atoms with van der Waals surface area (Å²) < 4.78 is 30.9. The molecule has 1 heterocycles. The molecule has 0 saturated heterocycles. The second kappa shape index (κ2) is 4.12. The molecule has 0 aliphatic heterocycles. The van der Waals surface area contributed by atoms with Gasteiger partial charge < -0.3 is 4.74 Å². The molecule has 2 rings (SSSR count). The fraction of sp³-hybridized carbons (Fsp3) is 0. The zero-order valence-electron chi connectivity index (χ0n) is 7.21. The van der Waals surface area contributed by atoms with Crippen LogP contribution in [0.15, 0.2) is 23.6 Å². The molecule has 0 atom stereocenters. The van der Waals surface area contributed by atoms with Gasteiger partial charge in [-0.3, -0.25) is 0 Å². The van der Waals surface area contributed by atoms with Gasteiger partial charge >= 0.3 is 0 Å². The third-order valence-corrected chi connectivity index (χ3v) is 2.61. The van der Waals surface area contributed by atoms with E-state index in [4.69, 9.17) is 16.3 Å². The first kappa shape index (κ1) is 10.3. The number of rotatable bonds is 2. The van der Waals surface area contributed by atoms with Gasteiger partial charge in [-0.1, -0.05) is 29.0 Å². The van der Waals surface area contributed by atoms with Crippen LogP contribution in [0.5, 0.6) is 10.9 Å². The summed E-state index contributed by atoms with van der Waals surface area (Å²) in [6, 6.07) is 3.67.